The Labute approximate surface area is 73.2 Å². The summed E-state index contributed by atoms with van der Waals surface area (Å²) in [5, 5.41) is 0. The van der Waals surface area contributed by atoms with E-state index in [4.69, 9.17) is 5.73 Å². The lowest BCUT2D eigenvalue weighted by atomic mass is 10.3. The van der Waals surface area contributed by atoms with Crippen LogP contribution in [0.1, 0.15) is 15.4 Å². The fraction of sp³-hybridized carbons (Fsp3) is 0.333. The lowest BCUT2D eigenvalue weighted by Gasteiger charge is -2.01. The number of aromatic nitrogens is 2. The lowest BCUT2D eigenvalue weighted by Crippen LogP contribution is -2.04. The van der Waals surface area contributed by atoms with Crippen LogP contribution < -0.4 is 5.73 Å². The van der Waals surface area contributed by atoms with Gasteiger partial charge in [0.25, 0.3) is 0 Å². The number of hydrogen-bond donors (Lipinski definition) is 1. The van der Waals surface area contributed by atoms with E-state index in [0.29, 0.717) is 0 Å². The number of nitrogens with zero attached hydrogens (tertiary/aromatic N) is 2. The van der Waals surface area contributed by atoms with E-state index in [-0.39, 0.29) is 4.05 Å². The molecule has 1 unspecified atom stereocenters. The molecular weight excluding hydrogens is 241 g/mol. The summed E-state index contributed by atoms with van der Waals surface area (Å²) in [7, 11) is 0. The molecule has 1 aromatic rings. The molecule has 1 aromatic heterocycles. The van der Waals surface area contributed by atoms with Crippen LogP contribution in [0.15, 0.2) is 12.4 Å². The van der Waals surface area contributed by atoms with Crippen LogP contribution in [0.5, 0.6) is 0 Å². The van der Waals surface area contributed by atoms with E-state index in [1.54, 1.807) is 0 Å². The molecule has 0 amide bonds. The molecule has 54 valence electrons. The number of alkyl halides is 1. The fourth-order valence-corrected chi connectivity index (χ4v) is 0.967. The standard InChI is InChI=1S/C6H8IN3/c1-4-2-5(6(7)8)10-3-9-4/h2-3,6H,8H2,1H3. The molecule has 0 aliphatic rings. The number of halogens is 1. The largest absolute Gasteiger partial charge is 0.315 e. The van der Waals surface area contributed by atoms with Crippen molar-refractivity contribution in [2.75, 3.05) is 0 Å². The van der Waals surface area contributed by atoms with Crippen molar-refractivity contribution in [3.05, 3.63) is 23.8 Å². The molecule has 0 saturated carbocycles. The Morgan fingerprint density at radius 3 is 2.70 bits per heavy atom. The first-order valence-corrected chi connectivity index (χ1v) is 4.13. The first kappa shape index (κ1) is 7.87. The summed E-state index contributed by atoms with van der Waals surface area (Å²) in [6.07, 6.45) is 1.53. The number of nitrogens with two attached hydrogens (primary N) is 1. The summed E-state index contributed by atoms with van der Waals surface area (Å²) >= 11 is 2.11. The first-order chi connectivity index (χ1) is 4.70. The summed E-state index contributed by atoms with van der Waals surface area (Å²) in [6, 6.07) is 1.89. The van der Waals surface area contributed by atoms with Crippen LogP contribution in [0.25, 0.3) is 0 Å². The van der Waals surface area contributed by atoms with Gasteiger partial charge in [0.2, 0.25) is 0 Å². The highest BCUT2D eigenvalue weighted by Gasteiger charge is 2.00. The summed E-state index contributed by atoms with van der Waals surface area (Å²) in [5.41, 5.74) is 7.42. The molecule has 1 heterocycles. The molecular formula is C6H8IN3. The Hall–Kier alpha value is -0.230. The van der Waals surface area contributed by atoms with Gasteiger partial charge in [-0.05, 0) is 13.0 Å². The quantitative estimate of drug-likeness (QED) is 0.462. The van der Waals surface area contributed by atoms with Crippen LogP contribution >= 0.6 is 22.6 Å². The van der Waals surface area contributed by atoms with Crippen molar-refractivity contribution in [2.45, 2.75) is 11.0 Å². The van der Waals surface area contributed by atoms with Gasteiger partial charge in [0.1, 0.15) is 6.33 Å². The zero-order chi connectivity index (χ0) is 7.56. The second-order valence-electron chi connectivity index (χ2n) is 1.99. The number of aryl methyl sites for hydroxylation is 1. The predicted molar refractivity (Wildman–Crippen MR) is 47.7 cm³/mol. The molecule has 0 saturated heterocycles. The smallest absolute Gasteiger partial charge is 0.116 e. The molecule has 0 bridgehead atoms. The van der Waals surface area contributed by atoms with Crippen molar-refractivity contribution < 1.29 is 0 Å². The Balaban J connectivity index is 2.96. The molecule has 0 radical (unpaired) electrons. The van der Waals surface area contributed by atoms with E-state index >= 15 is 0 Å². The second-order valence-corrected chi connectivity index (χ2v) is 3.33. The topological polar surface area (TPSA) is 51.8 Å². The third-order valence-corrected chi connectivity index (χ3v) is 1.75. The Kier molecular flexibility index (Phi) is 2.56. The van der Waals surface area contributed by atoms with Gasteiger partial charge < -0.3 is 5.73 Å². The molecule has 0 aromatic carbocycles. The molecule has 0 fully saturated rings. The third kappa shape index (κ3) is 1.88. The monoisotopic (exact) mass is 249 g/mol. The minimum atomic E-state index is -0.0284. The highest BCUT2D eigenvalue weighted by molar-refractivity contribution is 14.1. The molecule has 1 rings (SSSR count). The third-order valence-electron chi connectivity index (χ3n) is 1.11. The van der Waals surface area contributed by atoms with Crippen LogP contribution in [-0.4, -0.2) is 9.97 Å². The van der Waals surface area contributed by atoms with Crippen LogP contribution in [-0.2, 0) is 0 Å². The lowest BCUT2D eigenvalue weighted by molar-refractivity contribution is 0.951. The molecule has 0 aliphatic carbocycles. The van der Waals surface area contributed by atoms with Gasteiger partial charge in [0.05, 0.1) is 9.74 Å². The predicted octanol–water partition coefficient (Wildman–Crippen LogP) is 1.18. The van der Waals surface area contributed by atoms with E-state index in [1.807, 2.05) is 13.0 Å². The summed E-state index contributed by atoms with van der Waals surface area (Å²) in [6.45, 7) is 1.92. The highest BCUT2D eigenvalue weighted by atomic mass is 127. The van der Waals surface area contributed by atoms with Crippen LogP contribution in [0.2, 0.25) is 0 Å². The Morgan fingerprint density at radius 1 is 1.60 bits per heavy atom. The minimum absolute atomic E-state index is 0.0284. The van der Waals surface area contributed by atoms with Crippen molar-refractivity contribution in [3.63, 3.8) is 0 Å². The van der Waals surface area contributed by atoms with Gasteiger partial charge in [-0.1, -0.05) is 22.6 Å². The van der Waals surface area contributed by atoms with E-state index in [9.17, 15) is 0 Å². The van der Waals surface area contributed by atoms with Gasteiger partial charge in [-0.3, -0.25) is 0 Å². The fourth-order valence-electron chi connectivity index (χ4n) is 0.626. The molecule has 1 atom stereocenters. The zero-order valence-corrected chi connectivity index (χ0v) is 7.74. The van der Waals surface area contributed by atoms with Gasteiger partial charge in [0.15, 0.2) is 0 Å². The van der Waals surface area contributed by atoms with Crippen LogP contribution in [0.3, 0.4) is 0 Å². The van der Waals surface area contributed by atoms with Crippen molar-refractivity contribution in [3.8, 4) is 0 Å². The maximum absolute atomic E-state index is 5.58. The average molecular weight is 249 g/mol. The van der Waals surface area contributed by atoms with Crippen molar-refractivity contribution in [1.29, 1.82) is 0 Å². The second kappa shape index (κ2) is 3.25. The summed E-state index contributed by atoms with van der Waals surface area (Å²) < 4.78 is -0.0284. The van der Waals surface area contributed by atoms with Gasteiger partial charge in [-0.15, -0.1) is 0 Å². The van der Waals surface area contributed by atoms with E-state index in [2.05, 4.69) is 32.6 Å². The minimum Gasteiger partial charge on any atom is -0.315 e. The average Bonchev–Trinajstić information content (AvgIpc) is 1.88. The maximum Gasteiger partial charge on any atom is 0.116 e. The molecule has 3 nitrogen and oxygen atoms in total. The van der Waals surface area contributed by atoms with E-state index in [0.717, 1.165) is 11.4 Å². The number of hydrogen-bond acceptors (Lipinski definition) is 3. The zero-order valence-electron chi connectivity index (χ0n) is 5.58. The molecule has 0 spiro atoms. The van der Waals surface area contributed by atoms with Crippen molar-refractivity contribution in [2.24, 2.45) is 5.73 Å². The van der Waals surface area contributed by atoms with Crippen LogP contribution in [0, 0.1) is 6.92 Å². The van der Waals surface area contributed by atoms with E-state index < -0.39 is 0 Å². The molecule has 4 heteroatoms. The van der Waals surface area contributed by atoms with Gasteiger partial charge >= 0.3 is 0 Å². The Morgan fingerprint density at radius 2 is 2.30 bits per heavy atom. The Bertz CT molecular complexity index is 224. The highest BCUT2D eigenvalue weighted by Crippen LogP contribution is 2.13. The van der Waals surface area contributed by atoms with Crippen molar-refractivity contribution >= 4 is 22.6 Å². The molecule has 2 N–H and O–H groups in total. The normalized spacial score (nSPS) is 13.1. The molecule has 0 aliphatic heterocycles. The van der Waals surface area contributed by atoms with E-state index in [1.165, 1.54) is 6.33 Å². The SMILES string of the molecule is Cc1cc(C(N)I)ncn1. The summed E-state index contributed by atoms with van der Waals surface area (Å²) in [5.74, 6) is 0. The van der Waals surface area contributed by atoms with Gasteiger partial charge in [-0.25, -0.2) is 9.97 Å². The first-order valence-electron chi connectivity index (χ1n) is 2.88. The van der Waals surface area contributed by atoms with Gasteiger partial charge in [-0.2, -0.15) is 0 Å². The van der Waals surface area contributed by atoms with Crippen molar-refractivity contribution in [1.82, 2.24) is 9.97 Å². The van der Waals surface area contributed by atoms with Crippen LogP contribution in [0.4, 0.5) is 0 Å². The number of rotatable bonds is 1. The maximum atomic E-state index is 5.58. The summed E-state index contributed by atoms with van der Waals surface area (Å²) in [4.78, 5) is 7.95. The molecule has 10 heavy (non-hydrogen) atoms. The van der Waals surface area contributed by atoms with Gasteiger partial charge in [0, 0.05) is 5.69 Å².